The molecule has 48 valence electrons. The molecule has 0 fully saturated rings. The van der Waals surface area contributed by atoms with Crippen LogP contribution in [0.1, 0.15) is 20.8 Å². The van der Waals surface area contributed by atoms with Crippen molar-refractivity contribution in [3.63, 3.8) is 0 Å². The molecule has 0 N–H and O–H groups in total. The van der Waals surface area contributed by atoms with Crippen LogP contribution in [0.4, 0.5) is 0 Å². The SMILES string of the molecule is CC.CC1C=NOC1. The molecule has 0 aliphatic carbocycles. The molecule has 8 heavy (non-hydrogen) atoms. The highest BCUT2D eigenvalue weighted by molar-refractivity contribution is 5.60. The molecule has 1 rings (SSSR count). The van der Waals surface area contributed by atoms with Gasteiger partial charge in [-0.25, -0.2) is 0 Å². The van der Waals surface area contributed by atoms with E-state index in [4.69, 9.17) is 0 Å². The summed E-state index contributed by atoms with van der Waals surface area (Å²) in [5, 5.41) is 3.54. The van der Waals surface area contributed by atoms with Gasteiger partial charge in [-0.2, -0.15) is 0 Å². The molecule has 0 aromatic heterocycles. The number of oxime groups is 1. The summed E-state index contributed by atoms with van der Waals surface area (Å²) in [6, 6.07) is 0. The lowest BCUT2D eigenvalue weighted by Gasteiger charge is -1.86. The lowest BCUT2D eigenvalue weighted by Crippen LogP contribution is -1.93. The zero-order valence-electron chi connectivity index (χ0n) is 5.72. The largest absolute Gasteiger partial charge is 0.395 e. The molecule has 1 atom stereocenters. The maximum atomic E-state index is 4.63. The van der Waals surface area contributed by atoms with Crippen molar-refractivity contribution >= 4 is 6.21 Å². The van der Waals surface area contributed by atoms with E-state index in [1.54, 1.807) is 6.21 Å². The van der Waals surface area contributed by atoms with Crippen LogP contribution in [0.5, 0.6) is 0 Å². The summed E-state index contributed by atoms with van der Waals surface area (Å²) in [7, 11) is 0. The third kappa shape index (κ3) is 2.61. The van der Waals surface area contributed by atoms with E-state index < -0.39 is 0 Å². The Hall–Kier alpha value is -0.530. The van der Waals surface area contributed by atoms with Crippen molar-refractivity contribution in [2.75, 3.05) is 6.61 Å². The quantitative estimate of drug-likeness (QED) is 0.470. The lowest BCUT2D eigenvalue weighted by molar-refractivity contribution is 0.158. The van der Waals surface area contributed by atoms with Crippen molar-refractivity contribution in [1.29, 1.82) is 0 Å². The molecule has 0 amide bonds. The van der Waals surface area contributed by atoms with Crippen LogP contribution in [0.15, 0.2) is 5.16 Å². The molecule has 1 unspecified atom stereocenters. The first kappa shape index (κ1) is 7.47. The second kappa shape index (κ2) is 4.62. The van der Waals surface area contributed by atoms with Crippen LogP contribution in [-0.4, -0.2) is 12.8 Å². The molecule has 0 radical (unpaired) electrons. The molecule has 2 heteroatoms. The van der Waals surface area contributed by atoms with Gasteiger partial charge >= 0.3 is 0 Å². The van der Waals surface area contributed by atoms with Crippen LogP contribution in [0.3, 0.4) is 0 Å². The predicted molar refractivity (Wildman–Crippen MR) is 35.0 cm³/mol. The predicted octanol–water partition coefficient (Wildman–Crippen LogP) is 1.66. The standard InChI is InChI=1S/C4H7NO.C2H6/c1-4-2-5-6-3-4;1-2/h2,4H,3H2,1H3;1-2H3. The molecule has 1 heterocycles. The zero-order valence-corrected chi connectivity index (χ0v) is 5.72. The number of nitrogens with zero attached hydrogens (tertiary/aromatic N) is 1. The monoisotopic (exact) mass is 115 g/mol. The molecular weight excluding hydrogens is 102 g/mol. The van der Waals surface area contributed by atoms with Crippen LogP contribution in [-0.2, 0) is 4.84 Å². The van der Waals surface area contributed by atoms with E-state index >= 15 is 0 Å². The summed E-state index contributed by atoms with van der Waals surface area (Å²) in [6.45, 7) is 6.83. The highest BCUT2D eigenvalue weighted by Crippen LogP contribution is 1.98. The molecule has 0 bridgehead atoms. The van der Waals surface area contributed by atoms with Gasteiger partial charge < -0.3 is 4.84 Å². The van der Waals surface area contributed by atoms with E-state index in [9.17, 15) is 0 Å². The van der Waals surface area contributed by atoms with Crippen molar-refractivity contribution in [3.05, 3.63) is 0 Å². The van der Waals surface area contributed by atoms with E-state index in [1.165, 1.54) is 0 Å². The van der Waals surface area contributed by atoms with Crippen LogP contribution < -0.4 is 0 Å². The molecule has 1 aliphatic rings. The van der Waals surface area contributed by atoms with Crippen LogP contribution in [0, 0.1) is 5.92 Å². The fourth-order valence-corrected chi connectivity index (χ4v) is 0.351. The summed E-state index contributed by atoms with van der Waals surface area (Å²) < 4.78 is 0. The second-order valence-electron chi connectivity index (χ2n) is 1.53. The molecule has 0 aromatic carbocycles. The van der Waals surface area contributed by atoms with Gasteiger partial charge in [-0.05, 0) is 0 Å². The molecule has 0 saturated heterocycles. The maximum Gasteiger partial charge on any atom is 0.124 e. The normalized spacial score (nSPS) is 23.6. The molecular formula is C6H13NO. The van der Waals surface area contributed by atoms with Crippen molar-refractivity contribution in [1.82, 2.24) is 0 Å². The average molecular weight is 115 g/mol. The Labute approximate surface area is 50.5 Å². The van der Waals surface area contributed by atoms with Gasteiger partial charge in [0.25, 0.3) is 0 Å². The fraction of sp³-hybridized carbons (Fsp3) is 0.833. The Morgan fingerprint density at radius 1 is 1.62 bits per heavy atom. The Morgan fingerprint density at radius 3 is 2.38 bits per heavy atom. The van der Waals surface area contributed by atoms with E-state index in [0.29, 0.717) is 5.92 Å². The van der Waals surface area contributed by atoms with Crippen LogP contribution in [0.2, 0.25) is 0 Å². The molecule has 0 aromatic rings. The highest BCUT2D eigenvalue weighted by Gasteiger charge is 2.02. The van der Waals surface area contributed by atoms with Gasteiger partial charge in [0.15, 0.2) is 0 Å². The molecule has 2 nitrogen and oxygen atoms in total. The van der Waals surface area contributed by atoms with Gasteiger partial charge in [-0.1, -0.05) is 25.9 Å². The van der Waals surface area contributed by atoms with Gasteiger partial charge in [0.1, 0.15) is 6.61 Å². The summed E-state index contributed by atoms with van der Waals surface area (Å²) in [5.41, 5.74) is 0. The van der Waals surface area contributed by atoms with Gasteiger partial charge in [0.05, 0.1) is 6.21 Å². The van der Waals surface area contributed by atoms with Crippen molar-refractivity contribution < 1.29 is 4.84 Å². The van der Waals surface area contributed by atoms with E-state index in [0.717, 1.165) is 6.61 Å². The van der Waals surface area contributed by atoms with Crippen molar-refractivity contribution in [2.24, 2.45) is 11.1 Å². The van der Waals surface area contributed by atoms with Crippen molar-refractivity contribution in [2.45, 2.75) is 20.8 Å². The summed E-state index contributed by atoms with van der Waals surface area (Å²) in [5.74, 6) is 0.532. The topological polar surface area (TPSA) is 21.6 Å². The van der Waals surface area contributed by atoms with E-state index in [-0.39, 0.29) is 0 Å². The Balaban J connectivity index is 0.000000222. The molecule has 0 spiro atoms. The number of hydrogen-bond donors (Lipinski definition) is 0. The summed E-state index contributed by atoms with van der Waals surface area (Å²) in [6.07, 6.45) is 1.81. The van der Waals surface area contributed by atoms with Gasteiger partial charge in [0.2, 0.25) is 0 Å². The minimum Gasteiger partial charge on any atom is -0.395 e. The first-order chi connectivity index (χ1) is 3.89. The van der Waals surface area contributed by atoms with Crippen LogP contribution in [0.25, 0.3) is 0 Å². The average Bonchev–Trinajstić information content (AvgIpc) is 2.24. The lowest BCUT2D eigenvalue weighted by atomic mass is 10.2. The number of hydrogen-bond acceptors (Lipinski definition) is 2. The van der Waals surface area contributed by atoms with E-state index in [1.807, 2.05) is 13.8 Å². The maximum absolute atomic E-state index is 4.63. The van der Waals surface area contributed by atoms with Gasteiger partial charge in [0, 0.05) is 5.92 Å². The highest BCUT2D eigenvalue weighted by atomic mass is 16.6. The Kier molecular flexibility index (Phi) is 4.32. The minimum atomic E-state index is 0.532. The first-order valence-electron chi connectivity index (χ1n) is 3.05. The molecule has 1 aliphatic heterocycles. The Morgan fingerprint density at radius 2 is 2.25 bits per heavy atom. The molecule has 0 saturated carbocycles. The van der Waals surface area contributed by atoms with Crippen molar-refractivity contribution in [3.8, 4) is 0 Å². The van der Waals surface area contributed by atoms with Gasteiger partial charge in [-0.3, -0.25) is 0 Å². The zero-order chi connectivity index (χ0) is 6.41. The van der Waals surface area contributed by atoms with Gasteiger partial charge in [-0.15, -0.1) is 0 Å². The summed E-state index contributed by atoms with van der Waals surface area (Å²) >= 11 is 0. The van der Waals surface area contributed by atoms with Crippen LogP contribution >= 0.6 is 0 Å². The first-order valence-corrected chi connectivity index (χ1v) is 3.05. The minimum absolute atomic E-state index is 0.532. The smallest absolute Gasteiger partial charge is 0.124 e. The van der Waals surface area contributed by atoms with E-state index in [2.05, 4.69) is 16.9 Å². The second-order valence-corrected chi connectivity index (χ2v) is 1.53. The fourth-order valence-electron chi connectivity index (χ4n) is 0.351. The summed E-state index contributed by atoms with van der Waals surface area (Å²) in [4.78, 5) is 4.63. The number of rotatable bonds is 0. The third-order valence-electron chi connectivity index (χ3n) is 0.727. The third-order valence-corrected chi connectivity index (χ3v) is 0.727. The Bertz CT molecular complexity index is 70.9.